The maximum absolute atomic E-state index is 9.45. The van der Waals surface area contributed by atoms with Gasteiger partial charge in [-0.2, -0.15) is 0 Å². The first-order valence-corrected chi connectivity index (χ1v) is 1.92. The lowest BCUT2D eigenvalue weighted by Gasteiger charge is -1.63. The molecular formula is C5H7O. The van der Waals surface area contributed by atoms with Gasteiger partial charge in [0.1, 0.15) is 6.29 Å². The molecule has 0 atom stereocenters. The van der Waals surface area contributed by atoms with Gasteiger partial charge in [-0.05, 0) is 18.6 Å². The van der Waals surface area contributed by atoms with E-state index in [-0.39, 0.29) is 0 Å². The van der Waals surface area contributed by atoms with E-state index in [1.165, 1.54) is 6.08 Å². The largest absolute Gasteiger partial charge is 0.299 e. The quantitative estimate of drug-likeness (QED) is 0.359. The average Bonchev–Trinajstić information content (AvgIpc) is 1.61. The zero-order chi connectivity index (χ0) is 4.83. The van der Waals surface area contributed by atoms with Gasteiger partial charge in [0.25, 0.3) is 0 Å². The lowest BCUT2D eigenvalue weighted by molar-refractivity contribution is -0.104. The van der Waals surface area contributed by atoms with E-state index in [2.05, 4.69) is 6.08 Å². The fourth-order valence-corrected chi connectivity index (χ4v) is 0.166. The first-order valence-electron chi connectivity index (χ1n) is 1.92. The number of rotatable bonds is 2. The topological polar surface area (TPSA) is 17.1 Å². The van der Waals surface area contributed by atoms with Gasteiger partial charge < -0.3 is 0 Å². The standard InChI is InChI=1S/C5H7O/c1-2-3-4-5-6/h4-5H,2H2,1H3. The minimum Gasteiger partial charge on any atom is -0.299 e. The van der Waals surface area contributed by atoms with Crippen molar-refractivity contribution < 1.29 is 4.79 Å². The molecule has 0 aliphatic carbocycles. The van der Waals surface area contributed by atoms with Gasteiger partial charge in [-0.3, -0.25) is 4.79 Å². The smallest absolute Gasteiger partial charge is 0.143 e. The van der Waals surface area contributed by atoms with Crippen LogP contribution in [0.3, 0.4) is 0 Å². The Balaban J connectivity index is 2.94. The third-order valence-corrected chi connectivity index (χ3v) is 0.390. The molecule has 0 heterocycles. The number of hydrogen-bond acceptors (Lipinski definition) is 1. The molecule has 0 amide bonds. The Hall–Kier alpha value is -0.590. The third kappa shape index (κ3) is 3.41. The summed E-state index contributed by atoms with van der Waals surface area (Å²) in [7, 11) is 0. The number of carbonyl (C=O) groups is 1. The van der Waals surface area contributed by atoms with Gasteiger partial charge in [0.05, 0.1) is 0 Å². The zero-order valence-electron chi connectivity index (χ0n) is 3.77. The van der Waals surface area contributed by atoms with Crippen LogP contribution >= 0.6 is 0 Å². The SMILES string of the molecule is CC/[C]=C/C=O. The number of aldehydes is 1. The molecule has 0 aliphatic heterocycles. The van der Waals surface area contributed by atoms with Crippen LogP contribution in [0.1, 0.15) is 13.3 Å². The molecule has 0 N–H and O–H groups in total. The van der Waals surface area contributed by atoms with Crippen LogP contribution in [-0.2, 0) is 4.79 Å². The Morgan fingerprint density at radius 2 is 2.50 bits per heavy atom. The fraction of sp³-hybridized carbons (Fsp3) is 0.400. The summed E-state index contributed by atoms with van der Waals surface area (Å²) in [5.41, 5.74) is 0. The highest BCUT2D eigenvalue weighted by molar-refractivity contribution is 5.63. The van der Waals surface area contributed by atoms with Gasteiger partial charge in [0, 0.05) is 0 Å². The van der Waals surface area contributed by atoms with Crippen molar-refractivity contribution in [1.29, 1.82) is 0 Å². The molecule has 1 radical (unpaired) electrons. The minimum absolute atomic E-state index is 0.726. The molecule has 1 nitrogen and oxygen atoms in total. The molecule has 6 heavy (non-hydrogen) atoms. The summed E-state index contributed by atoms with van der Waals surface area (Å²) in [6.07, 6.45) is 5.62. The van der Waals surface area contributed by atoms with Crippen molar-refractivity contribution in [3.8, 4) is 0 Å². The number of hydrogen-bond donors (Lipinski definition) is 0. The summed E-state index contributed by atoms with van der Waals surface area (Å²) in [6.45, 7) is 1.93. The molecular weight excluding hydrogens is 76.1 g/mol. The zero-order valence-corrected chi connectivity index (χ0v) is 3.77. The van der Waals surface area contributed by atoms with E-state index in [0.29, 0.717) is 0 Å². The second kappa shape index (κ2) is 4.41. The lowest BCUT2D eigenvalue weighted by atomic mass is 10.4. The van der Waals surface area contributed by atoms with E-state index in [1.54, 1.807) is 0 Å². The van der Waals surface area contributed by atoms with Crippen LogP contribution < -0.4 is 0 Å². The van der Waals surface area contributed by atoms with Crippen LogP contribution in [0.15, 0.2) is 6.08 Å². The second-order valence-electron chi connectivity index (χ2n) is 0.860. The van der Waals surface area contributed by atoms with Gasteiger partial charge >= 0.3 is 0 Å². The number of carbonyl (C=O) groups excluding carboxylic acids is 1. The Morgan fingerprint density at radius 1 is 1.83 bits per heavy atom. The van der Waals surface area contributed by atoms with Crippen LogP contribution in [0.4, 0.5) is 0 Å². The van der Waals surface area contributed by atoms with Gasteiger partial charge in [-0.25, -0.2) is 0 Å². The molecule has 0 fully saturated rings. The molecule has 33 valence electrons. The van der Waals surface area contributed by atoms with Crippen molar-refractivity contribution in [3.63, 3.8) is 0 Å². The van der Waals surface area contributed by atoms with E-state index >= 15 is 0 Å². The highest BCUT2D eigenvalue weighted by Crippen LogP contribution is 1.70. The first-order chi connectivity index (χ1) is 2.91. The van der Waals surface area contributed by atoms with E-state index < -0.39 is 0 Å². The molecule has 0 spiro atoms. The van der Waals surface area contributed by atoms with Crippen LogP contribution in [0.25, 0.3) is 0 Å². The highest BCUT2D eigenvalue weighted by Gasteiger charge is 1.59. The Bertz CT molecular complexity index is 55.0. The predicted octanol–water partition coefficient (Wildman–Crippen LogP) is 0.955. The summed E-state index contributed by atoms with van der Waals surface area (Å²) in [6, 6.07) is 0. The van der Waals surface area contributed by atoms with Crippen molar-refractivity contribution in [3.05, 3.63) is 12.2 Å². The van der Waals surface area contributed by atoms with Crippen LogP contribution in [0.2, 0.25) is 0 Å². The van der Waals surface area contributed by atoms with Gasteiger partial charge in [-0.15, -0.1) is 0 Å². The summed E-state index contributed by atoms with van der Waals surface area (Å²) in [5, 5.41) is 0. The molecule has 0 saturated carbocycles. The molecule has 0 aliphatic rings. The van der Waals surface area contributed by atoms with Gasteiger partial charge in [-0.1, -0.05) is 6.92 Å². The molecule has 0 unspecified atom stereocenters. The summed E-state index contributed by atoms with van der Waals surface area (Å²) in [5.74, 6) is 0. The third-order valence-electron chi connectivity index (χ3n) is 0.390. The first kappa shape index (κ1) is 5.41. The monoisotopic (exact) mass is 83.0 g/mol. The van der Waals surface area contributed by atoms with Crippen molar-refractivity contribution in [1.82, 2.24) is 0 Å². The van der Waals surface area contributed by atoms with Gasteiger partial charge in [0.15, 0.2) is 0 Å². The molecule has 0 aromatic carbocycles. The van der Waals surface area contributed by atoms with Crippen LogP contribution in [0.5, 0.6) is 0 Å². The van der Waals surface area contributed by atoms with Crippen molar-refractivity contribution in [2.45, 2.75) is 13.3 Å². The Morgan fingerprint density at radius 3 is 2.67 bits per heavy atom. The maximum Gasteiger partial charge on any atom is 0.143 e. The summed E-state index contributed by atoms with van der Waals surface area (Å²) in [4.78, 5) is 9.45. The number of allylic oxidation sites excluding steroid dienone is 2. The van der Waals surface area contributed by atoms with Crippen LogP contribution in [0, 0.1) is 6.08 Å². The van der Waals surface area contributed by atoms with E-state index in [1.807, 2.05) is 6.92 Å². The van der Waals surface area contributed by atoms with Crippen LogP contribution in [-0.4, -0.2) is 6.29 Å². The lowest BCUT2D eigenvalue weighted by Crippen LogP contribution is -1.57. The van der Waals surface area contributed by atoms with E-state index in [0.717, 1.165) is 12.7 Å². The molecule has 0 rings (SSSR count). The Labute approximate surface area is 37.7 Å². The minimum atomic E-state index is 0.726. The van der Waals surface area contributed by atoms with Crippen molar-refractivity contribution >= 4 is 6.29 Å². The maximum atomic E-state index is 9.45. The molecule has 0 bridgehead atoms. The summed E-state index contributed by atoms with van der Waals surface area (Å²) < 4.78 is 0. The molecule has 0 aromatic heterocycles. The van der Waals surface area contributed by atoms with Crippen molar-refractivity contribution in [2.75, 3.05) is 0 Å². The normalized spacial score (nSPS) is 9.50. The Kier molecular flexibility index (Phi) is 3.98. The molecule has 0 aromatic rings. The fourth-order valence-electron chi connectivity index (χ4n) is 0.166. The van der Waals surface area contributed by atoms with Gasteiger partial charge in [0.2, 0.25) is 0 Å². The second-order valence-corrected chi connectivity index (χ2v) is 0.860. The predicted molar refractivity (Wildman–Crippen MR) is 24.2 cm³/mol. The average molecular weight is 83.1 g/mol. The van der Waals surface area contributed by atoms with E-state index in [4.69, 9.17) is 0 Å². The summed E-state index contributed by atoms with van der Waals surface area (Å²) >= 11 is 0. The molecule has 1 heteroatoms. The molecule has 0 saturated heterocycles. The highest BCUT2D eigenvalue weighted by atomic mass is 16.1. The van der Waals surface area contributed by atoms with Crippen molar-refractivity contribution in [2.24, 2.45) is 0 Å². The van der Waals surface area contributed by atoms with E-state index in [9.17, 15) is 4.79 Å².